The standard InChI is InChI=1S/C19H15N3O3/c1-25-13-8-6-12(7-9-13)11-21-18(23)15(10-20)17-14-4-2-3-5-16(14)22-19(17)24/h2-9H,11H2,1H3,(H,21,23)(H,22,24)/b17-15-. The van der Waals surface area contributed by atoms with Gasteiger partial charge in [0.05, 0.1) is 12.7 Å². The molecule has 25 heavy (non-hydrogen) atoms. The topological polar surface area (TPSA) is 91.2 Å². The van der Waals surface area contributed by atoms with Crippen LogP contribution in [0.1, 0.15) is 11.1 Å². The van der Waals surface area contributed by atoms with Crippen molar-refractivity contribution in [3.8, 4) is 11.8 Å². The number of benzene rings is 2. The molecule has 0 spiro atoms. The number of methoxy groups -OCH3 is 1. The third-order valence-electron chi connectivity index (χ3n) is 3.87. The van der Waals surface area contributed by atoms with E-state index in [4.69, 9.17) is 4.74 Å². The lowest BCUT2D eigenvalue weighted by atomic mass is 10.0. The molecule has 0 saturated carbocycles. The first kappa shape index (κ1) is 16.3. The second kappa shape index (κ2) is 6.89. The van der Waals surface area contributed by atoms with E-state index in [1.807, 2.05) is 18.2 Å². The van der Waals surface area contributed by atoms with E-state index in [0.29, 0.717) is 17.0 Å². The van der Waals surface area contributed by atoms with E-state index in [1.54, 1.807) is 43.5 Å². The molecule has 2 amide bonds. The zero-order chi connectivity index (χ0) is 17.8. The lowest BCUT2D eigenvalue weighted by Gasteiger charge is -2.07. The Labute approximate surface area is 144 Å². The van der Waals surface area contributed by atoms with Gasteiger partial charge in [0, 0.05) is 17.8 Å². The van der Waals surface area contributed by atoms with E-state index >= 15 is 0 Å². The molecule has 1 aliphatic heterocycles. The van der Waals surface area contributed by atoms with Gasteiger partial charge in [0.15, 0.2) is 0 Å². The average molecular weight is 333 g/mol. The van der Waals surface area contributed by atoms with Crippen molar-refractivity contribution in [1.29, 1.82) is 5.26 Å². The summed E-state index contributed by atoms with van der Waals surface area (Å²) in [4.78, 5) is 24.6. The molecule has 3 rings (SSSR count). The van der Waals surface area contributed by atoms with Crippen LogP contribution < -0.4 is 15.4 Å². The van der Waals surface area contributed by atoms with Crippen molar-refractivity contribution >= 4 is 23.1 Å². The van der Waals surface area contributed by atoms with Crippen LogP contribution in [0.2, 0.25) is 0 Å². The van der Waals surface area contributed by atoms with E-state index in [0.717, 1.165) is 5.56 Å². The van der Waals surface area contributed by atoms with E-state index in [1.165, 1.54) is 0 Å². The monoisotopic (exact) mass is 333 g/mol. The molecule has 0 saturated heterocycles. The maximum atomic E-state index is 12.4. The number of hydrogen-bond donors (Lipinski definition) is 2. The highest BCUT2D eigenvalue weighted by molar-refractivity contribution is 6.36. The van der Waals surface area contributed by atoms with Gasteiger partial charge in [-0.3, -0.25) is 9.59 Å². The first-order chi connectivity index (χ1) is 12.1. The summed E-state index contributed by atoms with van der Waals surface area (Å²) in [7, 11) is 1.58. The number of ether oxygens (including phenoxy) is 1. The number of nitriles is 1. The highest BCUT2D eigenvalue weighted by Gasteiger charge is 2.29. The van der Waals surface area contributed by atoms with Crippen LogP contribution in [0.25, 0.3) is 5.57 Å². The van der Waals surface area contributed by atoms with Crippen LogP contribution in [0.3, 0.4) is 0 Å². The molecular formula is C19H15N3O3. The molecular weight excluding hydrogens is 318 g/mol. The normalized spacial score (nSPS) is 14.2. The largest absolute Gasteiger partial charge is 0.497 e. The van der Waals surface area contributed by atoms with Crippen molar-refractivity contribution in [3.63, 3.8) is 0 Å². The summed E-state index contributed by atoms with van der Waals surface area (Å²) >= 11 is 0. The number of nitrogens with zero attached hydrogens (tertiary/aromatic N) is 1. The van der Waals surface area contributed by atoms with Crippen molar-refractivity contribution in [2.45, 2.75) is 6.54 Å². The van der Waals surface area contributed by atoms with Crippen LogP contribution >= 0.6 is 0 Å². The van der Waals surface area contributed by atoms with Gasteiger partial charge in [0.25, 0.3) is 11.8 Å². The zero-order valence-corrected chi connectivity index (χ0v) is 13.5. The molecule has 1 aliphatic rings. The second-order valence-electron chi connectivity index (χ2n) is 5.39. The Hall–Kier alpha value is -3.59. The van der Waals surface area contributed by atoms with Gasteiger partial charge in [-0.05, 0) is 23.8 Å². The Kier molecular flexibility index (Phi) is 4.48. The van der Waals surface area contributed by atoms with Gasteiger partial charge >= 0.3 is 0 Å². The molecule has 0 aromatic heterocycles. The maximum absolute atomic E-state index is 12.4. The summed E-state index contributed by atoms with van der Waals surface area (Å²) in [6, 6.07) is 16.0. The minimum atomic E-state index is -0.583. The number of para-hydroxylation sites is 1. The summed E-state index contributed by atoms with van der Waals surface area (Å²) in [5.74, 6) is -0.313. The first-order valence-corrected chi connectivity index (χ1v) is 7.60. The van der Waals surface area contributed by atoms with E-state index in [2.05, 4.69) is 10.6 Å². The van der Waals surface area contributed by atoms with Crippen LogP contribution in [0, 0.1) is 11.3 Å². The predicted molar refractivity (Wildman–Crippen MR) is 92.4 cm³/mol. The molecule has 0 bridgehead atoms. The summed E-state index contributed by atoms with van der Waals surface area (Å²) in [5, 5.41) is 14.7. The van der Waals surface area contributed by atoms with E-state index in [-0.39, 0.29) is 17.7 Å². The van der Waals surface area contributed by atoms with Gasteiger partial charge in [-0.15, -0.1) is 0 Å². The van der Waals surface area contributed by atoms with Crippen LogP contribution in [0.4, 0.5) is 5.69 Å². The van der Waals surface area contributed by atoms with Crippen LogP contribution in [0.15, 0.2) is 54.1 Å². The fourth-order valence-corrected chi connectivity index (χ4v) is 2.60. The Balaban J connectivity index is 1.82. The summed E-state index contributed by atoms with van der Waals surface area (Å²) in [6.45, 7) is 0.241. The van der Waals surface area contributed by atoms with Crippen LogP contribution in [-0.4, -0.2) is 18.9 Å². The average Bonchev–Trinajstić information content (AvgIpc) is 2.97. The Morgan fingerprint density at radius 3 is 2.60 bits per heavy atom. The minimum absolute atomic E-state index is 0.102. The summed E-state index contributed by atoms with van der Waals surface area (Å²) in [6.07, 6.45) is 0. The van der Waals surface area contributed by atoms with Crippen molar-refractivity contribution < 1.29 is 14.3 Å². The highest BCUT2D eigenvalue weighted by atomic mass is 16.5. The molecule has 2 aromatic rings. The lowest BCUT2D eigenvalue weighted by molar-refractivity contribution is -0.117. The third-order valence-corrected chi connectivity index (χ3v) is 3.87. The molecule has 0 fully saturated rings. The molecule has 124 valence electrons. The number of fused-ring (bicyclic) bond motifs is 1. The van der Waals surface area contributed by atoms with Crippen LogP contribution in [-0.2, 0) is 16.1 Å². The van der Waals surface area contributed by atoms with Gasteiger partial charge in [0.2, 0.25) is 0 Å². The smallest absolute Gasteiger partial charge is 0.263 e. The fourth-order valence-electron chi connectivity index (χ4n) is 2.60. The zero-order valence-electron chi connectivity index (χ0n) is 13.5. The molecule has 2 N–H and O–H groups in total. The fraction of sp³-hybridized carbons (Fsp3) is 0.105. The van der Waals surface area contributed by atoms with Crippen LogP contribution in [0.5, 0.6) is 5.75 Å². The lowest BCUT2D eigenvalue weighted by Crippen LogP contribution is -2.25. The molecule has 1 heterocycles. The van der Waals surface area contributed by atoms with Gasteiger partial charge in [-0.1, -0.05) is 30.3 Å². The molecule has 2 aromatic carbocycles. The molecule has 0 aliphatic carbocycles. The number of anilines is 1. The summed E-state index contributed by atoms with van der Waals surface area (Å²) < 4.78 is 5.08. The Morgan fingerprint density at radius 2 is 1.92 bits per heavy atom. The van der Waals surface area contributed by atoms with E-state index < -0.39 is 11.8 Å². The van der Waals surface area contributed by atoms with Crippen molar-refractivity contribution in [3.05, 3.63) is 65.2 Å². The van der Waals surface area contributed by atoms with Crippen molar-refractivity contribution in [2.75, 3.05) is 12.4 Å². The van der Waals surface area contributed by atoms with E-state index in [9.17, 15) is 14.9 Å². The first-order valence-electron chi connectivity index (χ1n) is 7.60. The number of carbonyl (C=O) groups is 2. The molecule has 0 radical (unpaired) electrons. The number of rotatable bonds is 4. The van der Waals surface area contributed by atoms with Gasteiger partial charge in [-0.25, -0.2) is 0 Å². The number of carbonyl (C=O) groups excluding carboxylic acids is 2. The molecule has 0 atom stereocenters. The van der Waals surface area contributed by atoms with Gasteiger partial charge < -0.3 is 15.4 Å². The number of amides is 2. The molecule has 6 heteroatoms. The Morgan fingerprint density at radius 1 is 1.20 bits per heavy atom. The Bertz CT molecular complexity index is 908. The minimum Gasteiger partial charge on any atom is -0.497 e. The highest BCUT2D eigenvalue weighted by Crippen LogP contribution is 2.33. The van der Waals surface area contributed by atoms with Gasteiger partial charge in [-0.2, -0.15) is 5.26 Å². The molecule has 6 nitrogen and oxygen atoms in total. The third kappa shape index (κ3) is 3.21. The molecule has 0 unspecified atom stereocenters. The van der Waals surface area contributed by atoms with Gasteiger partial charge in [0.1, 0.15) is 17.4 Å². The quantitative estimate of drug-likeness (QED) is 0.663. The SMILES string of the molecule is COc1ccc(CNC(=O)/C(C#N)=C2\C(=O)Nc3ccccc32)cc1. The number of hydrogen-bond acceptors (Lipinski definition) is 4. The van der Waals surface area contributed by atoms with Crippen molar-refractivity contribution in [1.82, 2.24) is 5.32 Å². The van der Waals surface area contributed by atoms with Crippen molar-refractivity contribution in [2.24, 2.45) is 0 Å². The second-order valence-corrected chi connectivity index (χ2v) is 5.39. The predicted octanol–water partition coefficient (Wildman–Crippen LogP) is 2.24. The maximum Gasteiger partial charge on any atom is 0.263 e. The number of nitrogens with one attached hydrogen (secondary N) is 2. The summed E-state index contributed by atoms with van der Waals surface area (Å²) in [5.41, 5.74) is 1.91.